The molecule has 9 heteroatoms. The van der Waals surface area contributed by atoms with Crippen LogP contribution in [-0.2, 0) is 0 Å². The normalized spacial score (nSPS) is 18.4. The van der Waals surface area contributed by atoms with E-state index in [-0.39, 0.29) is 17.5 Å². The number of fused-ring (bicyclic) bond motifs is 2. The molecule has 1 fully saturated rings. The first-order chi connectivity index (χ1) is 16.0. The van der Waals surface area contributed by atoms with E-state index in [1.54, 1.807) is 25.3 Å². The van der Waals surface area contributed by atoms with Gasteiger partial charge in [0.05, 0.1) is 23.7 Å². The summed E-state index contributed by atoms with van der Waals surface area (Å²) in [7, 11) is 1.60. The summed E-state index contributed by atoms with van der Waals surface area (Å²) in [5.74, 6) is 1.27. The van der Waals surface area contributed by atoms with Gasteiger partial charge in [-0.3, -0.25) is 9.59 Å². The highest BCUT2D eigenvalue weighted by Gasteiger charge is 2.21. The lowest BCUT2D eigenvalue weighted by Gasteiger charge is -2.26. The molecule has 2 aromatic carbocycles. The second-order valence-corrected chi connectivity index (χ2v) is 9.46. The summed E-state index contributed by atoms with van der Waals surface area (Å²) in [4.78, 5) is 30.9. The minimum Gasteiger partial charge on any atom is -0.495 e. The van der Waals surface area contributed by atoms with Gasteiger partial charge in [-0.2, -0.15) is 4.52 Å². The summed E-state index contributed by atoms with van der Waals surface area (Å²) in [5.41, 5.74) is 1.46. The van der Waals surface area contributed by atoms with E-state index in [0.29, 0.717) is 32.3 Å². The van der Waals surface area contributed by atoms with Gasteiger partial charge in [0.1, 0.15) is 5.75 Å². The van der Waals surface area contributed by atoms with Crippen molar-refractivity contribution >= 4 is 43.9 Å². The molecule has 0 bridgehead atoms. The molecule has 0 radical (unpaired) electrons. The number of carbonyl (C=O) groups is 1. The zero-order valence-electron chi connectivity index (χ0n) is 18.5. The van der Waals surface area contributed by atoms with Gasteiger partial charge in [-0.15, -0.1) is 5.10 Å². The van der Waals surface area contributed by atoms with Gasteiger partial charge in [0.15, 0.2) is 0 Å². The van der Waals surface area contributed by atoms with Crippen LogP contribution in [0.25, 0.3) is 15.9 Å². The average Bonchev–Trinajstić information content (AvgIpc) is 3.23. The number of hydrogen-bond donors (Lipinski definition) is 2. The number of benzene rings is 2. The van der Waals surface area contributed by atoms with Gasteiger partial charge in [-0.1, -0.05) is 30.4 Å². The first kappa shape index (κ1) is 21.4. The maximum Gasteiger partial charge on any atom is 0.283 e. The molecule has 33 heavy (non-hydrogen) atoms. The molecule has 2 N–H and O–H groups in total. The van der Waals surface area contributed by atoms with E-state index >= 15 is 0 Å². The van der Waals surface area contributed by atoms with E-state index in [2.05, 4.69) is 27.6 Å². The van der Waals surface area contributed by atoms with Crippen LogP contribution in [-0.4, -0.2) is 33.7 Å². The van der Waals surface area contributed by atoms with Crippen molar-refractivity contribution in [3.8, 4) is 5.75 Å². The minimum atomic E-state index is -0.271. The number of amides is 1. The Hall–Kier alpha value is -3.46. The third-order valence-electron chi connectivity index (χ3n) is 6.16. The van der Waals surface area contributed by atoms with E-state index in [0.717, 1.165) is 37.3 Å². The molecular weight excluding hydrogens is 438 g/mol. The summed E-state index contributed by atoms with van der Waals surface area (Å²) in [6.45, 7) is 2.25. The third kappa shape index (κ3) is 4.28. The Labute approximate surface area is 194 Å². The van der Waals surface area contributed by atoms with Gasteiger partial charge in [0.25, 0.3) is 11.5 Å². The van der Waals surface area contributed by atoms with Crippen molar-refractivity contribution in [2.75, 3.05) is 12.4 Å². The fourth-order valence-corrected chi connectivity index (χ4v) is 5.05. The molecule has 5 rings (SSSR count). The van der Waals surface area contributed by atoms with E-state index < -0.39 is 0 Å². The van der Waals surface area contributed by atoms with Crippen molar-refractivity contribution in [2.45, 2.75) is 38.6 Å². The fourth-order valence-electron chi connectivity index (χ4n) is 4.24. The zero-order valence-corrected chi connectivity index (χ0v) is 19.3. The number of rotatable bonds is 5. The Balaban J connectivity index is 1.44. The van der Waals surface area contributed by atoms with Crippen LogP contribution in [0.3, 0.4) is 0 Å². The quantitative estimate of drug-likeness (QED) is 0.456. The topological polar surface area (TPSA) is 97.6 Å². The van der Waals surface area contributed by atoms with Crippen LogP contribution in [0.2, 0.25) is 0 Å². The summed E-state index contributed by atoms with van der Waals surface area (Å²) >= 11 is 1.26. The first-order valence-corrected chi connectivity index (χ1v) is 11.9. The lowest BCUT2D eigenvalue weighted by molar-refractivity contribution is 0.0923. The van der Waals surface area contributed by atoms with Crippen LogP contribution in [0, 0.1) is 5.92 Å². The number of ether oxygens (including phenoxy) is 1. The molecule has 2 aromatic heterocycles. The Morgan fingerprint density at radius 3 is 2.73 bits per heavy atom. The Morgan fingerprint density at radius 2 is 1.94 bits per heavy atom. The monoisotopic (exact) mass is 463 g/mol. The van der Waals surface area contributed by atoms with Crippen molar-refractivity contribution in [2.24, 2.45) is 5.92 Å². The van der Waals surface area contributed by atoms with Gasteiger partial charge in [0.2, 0.25) is 10.1 Å². The highest BCUT2D eigenvalue weighted by molar-refractivity contribution is 7.20. The second-order valence-electron chi connectivity index (χ2n) is 8.51. The van der Waals surface area contributed by atoms with Crippen molar-refractivity contribution in [1.82, 2.24) is 19.9 Å². The summed E-state index contributed by atoms with van der Waals surface area (Å²) < 4.78 is 6.65. The predicted molar refractivity (Wildman–Crippen MR) is 130 cm³/mol. The second kappa shape index (κ2) is 8.82. The summed E-state index contributed by atoms with van der Waals surface area (Å²) in [6.07, 6.45) is 4.28. The maximum absolute atomic E-state index is 13.0. The molecule has 0 atom stereocenters. The molecule has 2 heterocycles. The Bertz CT molecular complexity index is 1390. The van der Waals surface area contributed by atoms with Crippen LogP contribution in [0.5, 0.6) is 5.75 Å². The van der Waals surface area contributed by atoms with E-state index in [1.807, 2.05) is 24.3 Å². The summed E-state index contributed by atoms with van der Waals surface area (Å²) in [6, 6.07) is 12.7. The van der Waals surface area contributed by atoms with Crippen molar-refractivity contribution < 1.29 is 9.53 Å². The van der Waals surface area contributed by atoms with E-state index in [1.165, 1.54) is 15.9 Å². The maximum atomic E-state index is 13.0. The fraction of sp³-hybridized carbons (Fsp3) is 0.333. The molecule has 1 saturated carbocycles. The highest BCUT2D eigenvalue weighted by atomic mass is 32.1. The molecule has 0 aliphatic heterocycles. The summed E-state index contributed by atoms with van der Waals surface area (Å²) in [5, 5.41) is 11.7. The van der Waals surface area contributed by atoms with Gasteiger partial charge in [0, 0.05) is 11.6 Å². The van der Waals surface area contributed by atoms with Crippen LogP contribution in [0.4, 0.5) is 10.8 Å². The molecule has 1 aliphatic rings. The number of nitrogens with one attached hydrogen (secondary N) is 2. The van der Waals surface area contributed by atoms with E-state index in [4.69, 9.17) is 4.74 Å². The number of carbonyl (C=O) groups excluding carboxylic acids is 1. The molecule has 0 spiro atoms. The molecule has 0 unspecified atom stereocenters. The number of methoxy groups -OCH3 is 1. The van der Waals surface area contributed by atoms with Crippen LogP contribution in [0.1, 0.15) is 43.0 Å². The predicted octanol–water partition coefficient (Wildman–Crippen LogP) is 4.36. The Kier molecular flexibility index (Phi) is 5.72. The number of anilines is 2. The zero-order chi connectivity index (χ0) is 22.9. The molecule has 4 aromatic rings. The molecule has 0 saturated heterocycles. The van der Waals surface area contributed by atoms with Gasteiger partial charge in [-0.05, 0) is 61.9 Å². The van der Waals surface area contributed by atoms with Crippen LogP contribution in [0.15, 0.2) is 47.3 Å². The minimum absolute atomic E-state index is 0.124. The molecule has 1 amide bonds. The molecular formula is C24H25N5O3S. The molecule has 1 aliphatic carbocycles. The first-order valence-electron chi connectivity index (χ1n) is 11.1. The molecule has 170 valence electrons. The number of nitrogens with zero attached hydrogens (tertiary/aromatic N) is 3. The van der Waals surface area contributed by atoms with Gasteiger partial charge < -0.3 is 15.4 Å². The Morgan fingerprint density at radius 1 is 1.15 bits per heavy atom. The average molecular weight is 464 g/mol. The molecule has 8 nitrogen and oxygen atoms in total. The highest BCUT2D eigenvalue weighted by Crippen LogP contribution is 2.29. The SMILES string of the molecule is COc1ccccc1Nc1nn2c(=O)c3ccc(C(=O)NC4CCC(C)CC4)cc3nc2s1. The number of aromatic nitrogens is 3. The number of para-hydroxylation sites is 2. The van der Waals surface area contributed by atoms with Crippen molar-refractivity contribution in [3.05, 3.63) is 58.4 Å². The lowest BCUT2D eigenvalue weighted by atomic mass is 9.87. The van der Waals surface area contributed by atoms with Crippen LogP contribution < -0.4 is 20.9 Å². The third-order valence-corrected chi connectivity index (χ3v) is 6.98. The smallest absolute Gasteiger partial charge is 0.283 e. The van der Waals surface area contributed by atoms with Crippen molar-refractivity contribution in [3.63, 3.8) is 0 Å². The van der Waals surface area contributed by atoms with E-state index in [9.17, 15) is 9.59 Å². The number of hydrogen-bond acceptors (Lipinski definition) is 7. The van der Waals surface area contributed by atoms with Gasteiger partial charge in [-0.25, -0.2) is 4.98 Å². The van der Waals surface area contributed by atoms with Gasteiger partial charge >= 0.3 is 0 Å². The lowest BCUT2D eigenvalue weighted by Crippen LogP contribution is -2.37. The standard InChI is InChI=1S/C24H25N5O3S/c1-14-7-10-16(11-8-14)25-21(30)15-9-12-17-19(13-15)27-24-29(22(17)31)28-23(33-24)26-18-5-3-4-6-20(18)32-2/h3-6,9,12-14,16H,7-8,10-11H2,1-2H3,(H,25,30)(H,26,28). The van der Waals surface area contributed by atoms with Crippen LogP contribution >= 0.6 is 11.3 Å². The van der Waals surface area contributed by atoms with Crippen molar-refractivity contribution in [1.29, 1.82) is 0 Å². The largest absolute Gasteiger partial charge is 0.495 e.